The Morgan fingerprint density at radius 3 is 2.48 bits per heavy atom. The molecule has 0 saturated heterocycles. The van der Waals surface area contributed by atoms with Crippen molar-refractivity contribution in [1.82, 2.24) is 10.2 Å². The minimum Gasteiger partial charge on any atom is -0.492 e. The van der Waals surface area contributed by atoms with Crippen molar-refractivity contribution in [3.05, 3.63) is 89.4 Å². The highest BCUT2D eigenvalue weighted by Crippen LogP contribution is 2.14. The van der Waals surface area contributed by atoms with Crippen LogP contribution in [0.15, 0.2) is 71.3 Å². The minimum atomic E-state index is -0.0974. The Labute approximate surface area is 170 Å². The molecule has 1 N–H and O–H groups in total. The smallest absolute Gasteiger partial charge is 0.251 e. The van der Waals surface area contributed by atoms with Gasteiger partial charge < -0.3 is 14.5 Å². The number of furan rings is 1. The summed E-state index contributed by atoms with van der Waals surface area (Å²) in [4.78, 5) is 13.9. The van der Waals surface area contributed by atoms with E-state index in [4.69, 9.17) is 14.4 Å². The zero-order valence-corrected chi connectivity index (χ0v) is 16.3. The summed E-state index contributed by atoms with van der Waals surface area (Å²) in [5.41, 5.74) is 2.34. The van der Waals surface area contributed by atoms with Gasteiger partial charge in [0, 0.05) is 25.7 Å². The fraction of sp³-hybridized carbons (Fsp3) is 0.217. The minimum absolute atomic E-state index is 0.0974. The molecule has 6 nitrogen and oxygen atoms in total. The fourth-order valence-electron chi connectivity index (χ4n) is 2.92. The second kappa shape index (κ2) is 10.1. The molecular formula is C23H23N3O3. The topological polar surface area (TPSA) is 78.5 Å². The maximum Gasteiger partial charge on any atom is 0.251 e. The molecule has 0 aliphatic carbocycles. The van der Waals surface area contributed by atoms with E-state index in [-0.39, 0.29) is 5.91 Å². The molecule has 29 heavy (non-hydrogen) atoms. The third kappa shape index (κ3) is 5.96. The number of amides is 1. The Balaban J connectivity index is 1.61. The van der Waals surface area contributed by atoms with E-state index < -0.39 is 0 Å². The summed E-state index contributed by atoms with van der Waals surface area (Å²) in [6.45, 7) is 2.55. The van der Waals surface area contributed by atoms with Crippen LogP contribution >= 0.6 is 0 Å². The largest absolute Gasteiger partial charge is 0.492 e. The number of ether oxygens (including phenoxy) is 1. The molecule has 0 spiro atoms. The maximum absolute atomic E-state index is 11.7. The lowest BCUT2D eigenvalue weighted by Crippen LogP contribution is -2.27. The molecule has 0 aliphatic rings. The van der Waals surface area contributed by atoms with Gasteiger partial charge in [-0.1, -0.05) is 12.1 Å². The summed E-state index contributed by atoms with van der Waals surface area (Å²) in [6.07, 6.45) is 1.67. The highest BCUT2D eigenvalue weighted by Gasteiger charge is 2.11. The monoisotopic (exact) mass is 389 g/mol. The van der Waals surface area contributed by atoms with E-state index in [0.29, 0.717) is 37.4 Å². The van der Waals surface area contributed by atoms with Crippen LogP contribution in [0.2, 0.25) is 0 Å². The van der Waals surface area contributed by atoms with Gasteiger partial charge in [-0.3, -0.25) is 9.69 Å². The van der Waals surface area contributed by atoms with Gasteiger partial charge in [-0.2, -0.15) is 5.26 Å². The second-order valence-corrected chi connectivity index (χ2v) is 6.55. The second-order valence-electron chi connectivity index (χ2n) is 6.55. The van der Waals surface area contributed by atoms with Crippen LogP contribution in [0.3, 0.4) is 0 Å². The van der Waals surface area contributed by atoms with Crippen molar-refractivity contribution in [3.63, 3.8) is 0 Å². The lowest BCUT2D eigenvalue weighted by atomic mass is 10.1. The van der Waals surface area contributed by atoms with Crippen LogP contribution in [-0.2, 0) is 13.1 Å². The molecule has 0 bridgehead atoms. The Morgan fingerprint density at radius 2 is 1.86 bits per heavy atom. The number of hydrogen-bond acceptors (Lipinski definition) is 5. The van der Waals surface area contributed by atoms with E-state index in [1.54, 1.807) is 37.6 Å². The van der Waals surface area contributed by atoms with Crippen molar-refractivity contribution in [3.8, 4) is 11.8 Å². The Kier molecular flexibility index (Phi) is 7.04. The molecule has 1 amide bonds. The van der Waals surface area contributed by atoms with Gasteiger partial charge in [-0.05, 0) is 54.1 Å². The lowest BCUT2D eigenvalue weighted by molar-refractivity contribution is 0.0963. The van der Waals surface area contributed by atoms with Crippen LogP contribution in [0.4, 0.5) is 0 Å². The number of carbonyl (C=O) groups excluding carboxylic acids is 1. The normalized spacial score (nSPS) is 10.5. The fourth-order valence-corrected chi connectivity index (χ4v) is 2.92. The number of nitriles is 1. The predicted octanol–water partition coefficient (Wildman–Crippen LogP) is 3.59. The Bertz CT molecular complexity index is 943. The van der Waals surface area contributed by atoms with Crippen LogP contribution in [0.5, 0.6) is 5.75 Å². The highest BCUT2D eigenvalue weighted by molar-refractivity contribution is 5.93. The summed E-state index contributed by atoms with van der Waals surface area (Å²) >= 11 is 0. The number of nitrogens with one attached hydrogen (secondary N) is 1. The van der Waals surface area contributed by atoms with Crippen molar-refractivity contribution in [2.45, 2.75) is 13.1 Å². The average Bonchev–Trinajstić information content (AvgIpc) is 3.27. The molecule has 0 atom stereocenters. The van der Waals surface area contributed by atoms with Crippen molar-refractivity contribution in [2.24, 2.45) is 0 Å². The molecule has 3 rings (SSSR count). The van der Waals surface area contributed by atoms with Gasteiger partial charge in [0.15, 0.2) is 0 Å². The van der Waals surface area contributed by atoms with E-state index >= 15 is 0 Å². The predicted molar refractivity (Wildman–Crippen MR) is 109 cm³/mol. The van der Waals surface area contributed by atoms with Gasteiger partial charge in [-0.25, -0.2) is 0 Å². The van der Waals surface area contributed by atoms with E-state index in [1.165, 1.54) is 0 Å². The SMILES string of the molecule is CNC(=O)c1ccc(CN(CCOc2ccc(C#N)cc2)Cc2ccco2)cc1. The third-order valence-corrected chi connectivity index (χ3v) is 4.47. The Hall–Kier alpha value is -3.56. The molecular weight excluding hydrogens is 366 g/mol. The highest BCUT2D eigenvalue weighted by atomic mass is 16.5. The molecule has 6 heteroatoms. The first kappa shape index (κ1) is 20.2. The molecule has 0 saturated carbocycles. The Morgan fingerprint density at radius 1 is 1.10 bits per heavy atom. The lowest BCUT2D eigenvalue weighted by Gasteiger charge is -2.21. The molecule has 3 aromatic rings. The molecule has 148 valence electrons. The standard InChI is InChI=1S/C23H23N3O3/c1-25-23(27)20-8-4-19(5-9-20)16-26(17-22-3-2-13-28-22)12-14-29-21-10-6-18(15-24)7-11-21/h2-11,13H,12,14,16-17H2,1H3,(H,25,27). The summed E-state index contributed by atoms with van der Waals surface area (Å²) in [6, 6.07) is 20.6. The van der Waals surface area contributed by atoms with Crippen molar-refractivity contribution >= 4 is 5.91 Å². The number of rotatable bonds is 9. The zero-order valence-electron chi connectivity index (χ0n) is 16.3. The molecule has 2 aromatic carbocycles. The summed E-state index contributed by atoms with van der Waals surface area (Å²) in [7, 11) is 1.62. The molecule has 0 aliphatic heterocycles. The number of carbonyl (C=O) groups is 1. The van der Waals surface area contributed by atoms with Crippen LogP contribution in [0.25, 0.3) is 0 Å². The molecule has 1 heterocycles. The van der Waals surface area contributed by atoms with E-state index in [1.807, 2.05) is 36.4 Å². The summed E-state index contributed by atoms with van der Waals surface area (Å²) in [5, 5.41) is 11.5. The first-order valence-electron chi connectivity index (χ1n) is 9.36. The molecule has 0 fully saturated rings. The van der Waals surface area contributed by atoms with Crippen LogP contribution in [-0.4, -0.2) is 31.0 Å². The van der Waals surface area contributed by atoms with E-state index in [9.17, 15) is 4.79 Å². The third-order valence-electron chi connectivity index (χ3n) is 4.47. The number of hydrogen-bond donors (Lipinski definition) is 1. The summed E-state index contributed by atoms with van der Waals surface area (Å²) < 4.78 is 11.3. The molecule has 0 unspecified atom stereocenters. The first-order chi connectivity index (χ1) is 14.2. The van der Waals surface area contributed by atoms with Gasteiger partial charge in [-0.15, -0.1) is 0 Å². The quantitative estimate of drug-likeness (QED) is 0.605. The van der Waals surface area contributed by atoms with Gasteiger partial charge in [0.25, 0.3) is 5.91 Å². The molecule has 1 aromatic heterocycles. The van der Waals surface area contributed by atoms with Crippen LogP contribution in [0.1, 0.15) is 27.2 Å². The van der Waals surface area contributed by atoms with Gasteiger partial charge in [0.2, 0.25) is 0 Å². The first-order valence-corrected chi connectivity index (χ1v) is 9.36. The van der Waals surface area contributed by atoms with Crippen molar-refractivity contribution < 1.29 is 13.9 Å². The number of nitrogens with zero attached hydrogens (tertiary/aromatic N) is 2. The van der Waals surface area contributed by atoms with Gasteiger partial charge in [0.1, 0.15) is 18.1 Å². The van der Waals surface area contributed by atoms with E-state index in [2.05, 4.69) is 16.3 Å². The zero-order chi connectivity index (χ0) is 20.5. The average molecular weight is 389 g/mol. The molecule has 0 radical (unpaired) electrons. The maximum atomic E-state index is 11.7. The van der Waals surface area contributed by atoms with Crippen LogP contribution in [0, 0.1) is 11.3 Å². The summed E-state index contributed by atoms with van der Waals surface area (Å²) in [5.74, 6) is 1.52. The number of benzene rings is 2. The van der Waals surface area contributed by atoms with Crippen molar-refractivity contribution in [2.75, 3.05) is 20.2 Å². The van der Waals surface area contributed by atoms with Crippen molar-refractivity contribution in [1.29, 1.82) is 5.26 Å². The van der Waals surface area contributed by atoms with Gasteiger partial charge >= 0.3 is 0 Å². The van der Waals surface area contributed by atoms with Crippen LogP contribution < -0.4 is 10.1 Å². The van der Waals surface area contributed by atoms with E-state index in [0.717, 1.165) is 17.1 Å². The van der Waals surface area contributed by atoms with Gasteiger partial charge in [0.05, 0.1) is 24.4 Å².